The number of hydrogen-bond acceptors (Lipinski definition) is 4. The highest BCUT2D eigenvalue weighted by Crippen LogP contribution is 2.15. The molecular formula is C17H30IN5O. The van der Waals surface area contributed by atoms with Crippen LogP contribution in [0, 0.1) is 0 Å². The third-order valence-electron chi connectivity index (χ3n) is 4.14. The van der Waals surface area contributed by atoms with E-state index in [1.807, 2.05) is 18.2 Å². The largest absolute Gasteiger partial charge is 0.481 e. The smallest absolute Gasteiger partial charge is 0.213 e. The quantitative estimate of drug-likeness (QED) is 0.382. The molecule has 0 bridgehead atoms. The van der Waals surface area contributed by atoms with Gasteiger partial charge in [-0.1, -0.05) is 13.0 Å². The Balaban J connectivity index is 0.00000288. The van der Waals surface area contributed by atoms with Gasteiger partial charge in [-0.2, -0.15) is 0 Å². The van der Waals surface area contributed by atoms with Gasteiger partial charge in [-0.25, -0.2) is 9.98 Å². The lowest BCUT2D eigenvalue weighted by Crippen LogP contribution is -2.44. The van der Waals surface area contributed by atoms with Crippen LogP contribution in [0.1, 0.15) is 32.4 Å². The Kier molecular flexibility index (Phi) is 10.0. The Morgan fingerprint density at radius 1 is 1.38 bits per heavy atom. The topological polar surface area (TPSA) is 61.8 Å². The molecule has 7 heteroatoms. The van der Waals surface area contributed by atoms with E-state index in [0.29, 0.717) is 18.5 Å². The number of guanidine groups is 1. The van der Waals surface area contributed by atoms with Crippen molar-refractivity contribution in [3.63, 3.8) is 0 Å². The van der Waals surface area contributed by atoms with Crippen molar-refractivity contribution < 1.29 is 4.74 Å². The molecule has 0 aliphatic carbocycles. The average Bonchev–Trinajstić information content (AvgIpc) is 3.05. The van der Waals surface area contributed by atoms with Gasteiger partial charge in [0.15, 0.2) is 5.96 Å². The number of nitrogens with one attached hydrogen (secondary N) is 2. The van der Waals surface area contributed by atoms with Crippen molar-refractivity contribution in [3.8, 4) is 5.88 Å². The van der Waals surface area contributed by atoms with Crippen LogP contribution in [0.5, 0.6) is 5.88 Å². The molecule has 1 aromatic rings. The molecule has 2 heterocycles. The first kappa shape index (κ1) is 21.0. The minimum absolute atomic E-state index is 0. The molecule has 0 saturated carbocycles. The molecule has 0 spiro atoms. The minimum atomic E-state index is 0. The molecule has 6 nitrogen and oxygen atoms in total. The van der Waals surface area contributed by atoms with Crippen molar-refractivity contribution in [2.75, 3.05) is 33.3 Å². The molecular weight excluding hydrogens is 417 g/mol. The van der Waals surface area contributed by atoms with Crippen LogP contribution in [0.3, 0.4) is 0 Å². The third-order valence-corrected chi connectivity index (χ3v) is 4.14. The summed E-state index contributed by atoms with van der Waals surface area (Å²) >= 11 is 0. The van der Waals surface area contributed by atoms with Crippen LogP contribution in [-0.4, -0.2) is 55.2 Å². The summed E-state index contributed by atoms with van der Waals surface area (Å²) in [6.45, 7) is 8.96. The van der Waals surface area contributed by atoms with E-state index >= 15 is 0 Å². The van der Waals surface area contributed by atoms with Crippen LogP contribution in [0.2, 0.25) is 0 Å². The zero-order valence-electron chi connectivity index (χ0n) is 14.9. The van der Waals surface area contributed by atoms with Crippen LogP contribution < -0.4 is 15.4 Å². The van der Waals surface area contributed by atoms with Crippen molar-refractivity contribution in [1.29, 1.82) is 0 Å². The van der Waals surface area contributed by atoms with Gasteiger partial charge in [0.2, 0.25) is 5.88 Å². The van der Waals surface area contributed by atoms with Gasteiger partial charge in [0.1, 0.15) is 0 Å². The zero-order valence-corrected chi connectivity index (χ0v) is 17.2. The van der Waals surface area contributed by atoms with Crippen molar-refractivity contribution >= 4 is 29.9 Å². The Morgan fingerprint density at radius 2 is 2.21 bits per heavy atom. The molecule has 1 aliphatic heterocycles. The normalized spacial score (nSPS) is 18.1. The summed E-state index contributed by atoms with van der Waals surface area (Å²) in [5, 5.41) is 6.76. The molecule has 24 heavy (non-hydrogen) atoms. The van der Waals surface area contributed by atoms with Crippen LogP contribution in [0.4, 0.5) is 0 Å². The van der Waals surface area contributed by atoms with E-state index in [9.17, 15) is 0 Å². The van der Waals surface area contributed by atoms with Crippen LogP contribution in [-0.2, 0) is 6.54 Å². The number of likely N-dealkylation sites (N-methyl/N-ethyl adjacent to an activating group) is 1. The number of aromatic nitrogens is 1. The summed E-state index contributed by atoms with van der Waals surface area (Å²) < 4.78 is 5.15. The number of pyridine rings is 1. The monoisotopic (exact) mass is 447 g/mol. The highest BCUT2D eigenvalue weighted by molar-refractivity contribution is 14.0. The number of aliphatic imine (C=N–C) groups is 1. The molecule has 0 aromatic carbocycles. The fourth-order valence-corrected chi connectivity index (χ4v) is 2.92. The second kappa shape index (κ2) is 11.5. The van der Waals surface area contributed by atoms with Crippen LogP contribution in [0.25, 0.3) is 0 Å². The molecule has 1 fully saturated rings. The lowest BCUT2D eigenvalue weighted by molar-refractivity contribution is 0.267. The van der Waals surface area contributed by atoms with E-state index in [-0.39, 0.29) is 24.0 Å². The number of ether oxygens (including phenoxy) is 1. The number of methoxy groups -OCH3 is 1. The SMILES string of the molecule is CCNC(=NCc1cccc(OC)n1)NCC1CCCN1CC.I. The van der Waals surface area contributed by atoms with Gasteiger partial charge in [0.05, 0.1) is 19.3 Å². The lowest BCUT2D eigenvalue weighted by Gasteiger charge is -2.23. The van der Waals surface area contributed by atoms with Crippen molar-refractivity contribution in [2.24, 2.45) is 4.99 Å². The Bertz CT molecular complexity index is 512. The van der Waals surface area contributed by atoms with E-state index in [2.05, 4.69) is 39.4 Å². The molecule has 1 unspecified atom stereocenters. The molecule has 1 saturated heterocycles. The van der Waals surface area contributed by atoms with E-state index < -0.39 is 0 Å². The van der Waals surface area contributed by atoms with E-state index in [4.69, 9.17) is 4.74 Å². The first-order valence-corrected chi connectivity index (χ1v) is 8.53. The van der Waals surface area contributed by atoms with Crippen LogP contribution >= 0.6 is 24.0 Å². The molecule has 1 aromatic heterocycles. The van der Waals surface area contributed by atoms with E-state index in [1.54, 1.807) is 7.11 Å². The first-order chi connectivity index (χ1) is 11.3. The standard InChI is InChI=1S/C17H29N5O.HI/c1-4-18-17(20-13-15-9-7-11-22(15)5-2)19-12-14-8-6-10-16(21-14)23-3;/h6,8,10,15H,4-5,7,9,11-13H2,1-3H3,(H2,18,19,20);1H. The van der Waals surface area contributed by atoms with Gasteiger partial charge in [-0.05, 0) is 38.9 Å². The lowest BCUT2D eigenvalue weighted by atomic mass is 10.2. The fourth-order valence-electron chi connectivity index (χ4n) is 2.92. The van der Waals surface area contributed by atoms with Gasteiger partial charge < -0.3 is 15.4 Å². The van der Waals surface area contributed by atoms with Crippen molar-refractivity contribution in [2.45, 2.75) is 39.3 Å². The Labute approximate surface area is 162 Å². The van der Waals surface area contributed by atoms with Gasteiger partial charge in [0.25, 0.3) is 0 Å². The number of hydrogen-bond donors (Lipinski definition) is 2. The summed E-state index contributed by atoms with van der Waals surface area (Å²) in [4.78, 5) is 11.5. The van der Waals surface area contributed by atoms with Crippen molar-refractivity contribution in [3.05, 3.63) is 23.9 Å². The van der Waals surface area contributed by atoms with Gasteiger partial charge in [-0.3, -0.25) is 4.90 Å². The van der Waals surface area contributed by atoms with E-state index in [0.717, 1.165) is 31.3 Å². The van der Waals surface area contributed by atoms with Gasteiger partial charge >= 0.3 is 0 Å². The third kappa shape index (κ3) is 6.43. The number of halogens is 1. The van der Waals surface area contributed by atoms with Crippen LogP contribution in [0.15, 0.2) is 23.2 Å². The maximum Gasteiger partial charge on any atom is 0.213 e. The average molecular weight is 447 g/mol. The Hall–Kier alpha value is -1.09. The molecule has 2 rings (SSSR count). The number of rotatable bonds is 7. The molecule has 1 aliphatic rings. The number of nitrogens with zero attached hydrogens (tertiary/aromatic N) is 3. The second-order valence-electron chi connectivity index (χ2n) is 5.67. The molecule has 0 radical (unpaired) electrons. The summed E-state index contributed by atoms with van der Waals surface area (Å²) in [6, 6.07) is 6.36. The molecule has 2 N–H and O–H groups in total. The summed E-state index contributed by atoms with van der Waals surface area (Å²) in [5.74, 6) is 1.47. The molecule has 0 amide bonds. The zero-order chi connectivity index (χ0) is 16.5. The highest BCUT2D eigenvalue weighted by Gasteiger charge is 2.22. The first-order valence-electron chi connectivity index (χ1n) is 8.53. The highest BCUT2D eigenvalue weighted by atomic mass is 127. The number of likely N-dealkylation sites (tertiary alicyclic amines) is 1. The maximum absolute atomic E-state index is 5.15. The van der Waals surface area contributed by atoms with Crippen molar-refractivity contribution in [1.82, 2.24) is 20.5 Å². The Morgan fingerprint density at radius 3 is 2.92 bits per heavy atom. The van der Waals surface area contributed by atoms with Gasteiger partial charge in [0, 0.05) is 25.2 Å². The van der Waals surface area contributed by atoms with Gasteiger partial charge in [-0.15, -0.1) is 24.0 Å². The summed E-state index contributed by atoms with van der Waals surface area (Å²) in [7, 11) is 1.63. The summed E-state index contributed by atoms with van der Waals surface area (Å²) in [5.41, 5.74) is 0.901. The summed E-state index contributed by atoms with van der Waals surface area (Å²) in [6.07, 6.45) is 2.55. The molecule has 136 valence electrons. The maximum atomic E-state index is 5.15. The minimum Gasteiger partial charge on any atom is -0.481 e. The predicted octanol–water partition coefficient (Wildman–Crippen LogP) is 2.25. The predicted molar refractivity (Wildman–Crippen MR) is 109 cm³/mol. The molecule has 1 atom stereocenters. The fraction of sp³-hybridized carbons (Fsp3) is 0.647. The van der Waals surface area contributed by atoms with E-state index in [1.165, 1.54) is 19.4 Å². The second-order valence-corrected chi connectivity index (χ2v) is 5.67.